The molecule has 1 unspecified atom stereocenters. The van der Waals surface area contributed by atoms with E-state index in [4.69, 9.17) is 10.5 Å². The molecule has 0 saturated heterocycles. The number of amidine groups is 1. The Bertz CT molecular complexity index is 1020. The van der Waals surface area contributed by atoms with E-state index in [1.807, 2.05) is 19.2 Å². The van der Waals surface area contributed by atoms with Gasteiger partial charge in [0, 0.05) is 40.7 Å². The predicted octanol–water partition coefficient (Wildman–Crippen LogP) is 3.87. The fraction of sp³-hybridized carbons (Fsp3) is 0.409. The van der Waals surface area contributed by atoms with Crippen LogP contribution in [0.25, 0.3) is 11.1 Å². The first-order valence-corrected chi connectivity index (χ1v) is 10.2. The zero-order valence-corrected chi connectivity index (χ0v) is 17.1. The minimum absolute atomic E-state index is 0.0718. The standard InChI is InChI=1S/C22H23N3O2S/c1-4-5-15-6-16(11-24-10-15)17-7-19(28-12-17)21(3)13-22(27-20(23)25-21)8-18(9-22)14(2)26/h6-7,10-12,18H,8-9,13H2,1-3H3,(H2,23,25). The molecule has 1 aliphatic heterocycles. The number of hydrogen-bond donors (Lipinski definition) is 1. The number of rotatable bonds is 3. The third kappa shape index (κ3) is 3.31. The van der Waals surface area contributed by atoms with Gasteiger partial charge in [0.2, 0.25) is 0 Å². The molecule has 2 aromatic rings. The van der Waals surface area contributed by atoms with Gasteiger partial charge < -0.3 is 10.5 Å². The van der Waals surface area contributed by atoms with Gasteiger partial charge in [-0.3, -0.25) is 9.78 Å². The van der Waals surface area contributed by atoms with Crippen molar-refractivity contribution in [2.24, 2.45) is 16.6 Å². The van der Waals surface area contributed by atoms with Crippen molar-refractivity contribution >= 4 is 23.1 Å². The number of ether oxygens (including phenoxy) is 1. The molecular formula is C22H23N3O2S. The number of nitrogens with two attached hydrogens (primary N) is 1. The van der Waals surface area contributed by atoms with Gasteiger partial charge in [-0.2, -0.15) is 0 Å². The normalized spacial score (nSPS) is 28.5. The number of aliphatic imine (C=N–C) groups is 1. The third-order valence-corrected chi connectivity index (χ3v) is 6.81. The molecule has 0 radical (unpaired) electrons. The van der Waals surface area contributed by atoms with Gasteiger partial charge in [-0.1, -0.05) is 5.92 Å². The van der Waals surface area contributed by atoms with E-state index in [2.05, 4.69) is 40.2 Å². The van der Waals surface area contributed by atoms with Gasteiger partial charge in [0.05, 0.1) is 0 Å². The summed E-state index contributed by atoms with van der Waals surface area (Å²) in [6.07, 6.45) is 5.78. The van der Waals surface area contributed by atoms with Crippen LogP contribution in [0.4, 0.5) is 0 Å². The molecule has 0 aromatic carbocycles. The number of aromatic nitrogens is 1. The average molecular weight is 394 g/mol. The number of pyridine rings is 1. The molecule has 1 fully saturated rings. The van der Waals surface area contributed by atoms with Crippen LogP contribution in [0.1, 0.15) is 50.5 Å². The van der Waals surface area contributed by atoms with Crippen molar-refractivity contribution < 1.29 is 9.53 Å². The quantitative estimate of drug-likeness (QED) is 0.803. The molecule has 6 heteroatoms. The molecule has 1 saturated carbocycles. The number of ketones is 1. The highest BCUT2D eigenvalue weighted by Crippen LogP contribution is 2.52. The number of hydrogen-bond acceptors (Lipinski definition) is 6. The van der Waals surface area contributed by atoms with Gasteiger partial charge in [-0.15, -0.1) is 17.3 Å². The average Bonchev–Trinajstić information content (AvgIpc) is 3.10. The molecule has 3 heterocycles. The van der Waals surface area contributed by atoms with E-state index in [9.17, 15) is 4.79 Å². The number of carbonyl (C=O) groups is 1. The second-order valence-corrected chi connectivity index (χ2v) is 8.85. The Morgan fingerprint density at radius 3 is 2.82 bits per heavy atom. The van der Waals surface area contributed by atoms with Crippen molar-refractivity contribution in [2.45, 2.75) is 51.2 Å². The van der Waals surface area contributed by atoms with Crippen molar-refractivity contribution in [3.05, 3.63) is 40.3 Å². The lowest BCUT2D eigenvalue weighted by atomic mass is 9.64. The second kappa shape index (κ2) is 6.75. The molecule has 28 heavy (non-hydrogen) atoms. The van der Waals surface area contributed by atoms with Crippen LogP contribution >= 0.6 is 11.3 Å². The first-order valence-electron chi connectivity index (χ1n) is 9.34. The highest BCUT2D eigenvalue weighted by molar-refractivity contribution is 7.10. The van der Waals surface area contributed by atoms with E-state index >= 15 is 0 Å². The molecule has 2 aliphatic rings. The Hall–Kier alpha value is -2.65. The summed E-state index contributed by atoms with van der Waals surface area (Å²) < 4.78 is 5.90. The van der Waals surface area contributed by atoms with Crippen LogP contribution in [0.5, 0.6) is 0 Å². The van der Waals surface area contributed by atoms with Crippen LogP contribution in [0.15, 0.2) is 34.9 Å². The zero-order valence-electron chi connectivity index (χ0n) is 16.3. The summed E-state index contributed by atoms with van der Waals surface area (Å²) in [6, 6.07) is 4.42. The minimum atomic E-state index is -0.457. The molecule has 144 valence electrons. The largest absolute Gasteiger partial charge is 0.459 e. The number of carbonyl (C=O) groups excluding carboxylic acids is 1. The molecule has 1 spiro atoms. The van der Waals surface area contributed by atoms with Crippen LogP contribution in [0, 0.1) is 17.8 Å². The van der Waals surface area contributed by atoms with E-state index < -0.39 is 5.54 Å². The summed E-state index contributed by atoms with van der Waals surface area (Å²) in [4.78, 5) is 21.7. The Balaban J connectivity index is 1.62. The Labute approximate surface area is 169 Å². The highest BCUT2D eigenvalue weighted by atomic mass is 32.1. The molecule has 0 bridgehead atoms. The van der Waals surface area contributed by atoms with Gasteiger partial charge in [-0.05, 0) is 56.7 Å². The van der Waals surface area contributed by atoms with Crippen molar-refractivity contribution in [1.82, 2.24) is 4.98 Å². The lowest BCUT2D eigenvalue weighted by Gasteiger charge is -2.51. The molecule has 2 N–H and O–H groups in total. The van der Waals surface area contributed by atoms with Crippen LogP contribution < -0.4 is 5.73 Å². The smallest absolute Gasteiger partial charge is 0.283 e. The topological polar surface area (TPSA) is 77.6 Å². The minimum Gasteiger partial charge on any atom is -0.459 e. The Kier molecular flexibility index (Phi) is 4.51. The maximum Gasteiger partial charge on any atom is 0.283 e. The summed E-state index contributed by atoms with van der Waals surface area (Å²) >= 11 is 1.66. The van der Waals surface area contributed by atoms with E-state index in [1.165, 1.54) is 0 Å². The monoisotopic (exact) mass is 393 g/mol. The summed E-state index contributed by atoms with van der Waals surface area (Å²) in [7, 11) is 0. The van der Waals surface area contributed by atoms with Gasteiger partial charge in [0.15, 0.2) is 0 Å². The second-order valence-electron chi connectivity index (χ2n) is 7.94. The number of thiophene rings is 1. The molecule has 1 aliphatic carbocycles. The molecule has 5 nitrogen and oxygen atoms in total. The van der Waals surface area contributed by atoms with Crippen LogP contribution in [-0.2, 0) is 15.1 Å². The van der Waals surface area contributed by atoms with E-state index in [-0.39, 0.29) is 23.3 Å². The maximum atomic E-state index is 11.7. The maximum absolute atomic E-state index is 11.7. The number of nitrogens with zero attached hydrogens (tertiary/aromatic N) is 2. The summed E-state index contributed by atoms with van der Waals surface area (Å²) in [5.74, 6) is 6.25. The fourth-order valence-electron chi connectivity index (χ4n) is 4.27. The van der Waals surface area contributed by atoms with Gasteiger partial charge >= 0.3 is 0 Å². The lowest BCUT2D eigenvalue weighted by Crippen LogP contribution is -2.56. The molecule has 4 rings (SSSR count). The first kappa shape index (κ1) is 18.7. The van der Waals surface area contributed by atoms with Crippen LogP contribution in [0.3, 0.4) is 0 Å². The van der Waals surface area contributed by atoms with E-state index in [0.29, 0.717) is 12.8 Å². The Morgan fingerprint density at radius 2 is 2.11 bits per heavy atom. The van der Waals surface area contributed by atoms with Crippen LogP contribution in [-0.4, -0.2) is 22.4 Å². The summed E-state index contributed by atoms with van der Waals surface area (Å²) in [5.41, 5.74) is 8.24. The Morgan fingerprint density at radius 1 is 1.32 bits per heavy atom. The van der Waals surface area contributed by atoms with Crippen molar-refractivity contribution in [1.29, 1.82) is 0 Å². The molecule has 1 atom stereocenters. The van der Waals surface area contributed by atoms with E-state index in [0.717, 1.165) is 28.0 Å². The zero-order chi connectivity index (χ0) is 19.9. The number of Topliss-reactive ketones (excluding diaryl/α,β-unsaturated/α-hetero) is 1. The van der Waals surface area contributed by atoms with E-state index in [1.54, 1.807) is 24.5 Å². The summed E-state index contributed by atoms with van der Waals surface area (Å²) in [5, 5.41) is 2.12. The highest BCUT2D eigenvalue weighted by Gasteiger charge is 2.55. The molecular weight excluding hydrogens is 370 g/mol. The first-order chi connectivity index (χ1) is 13.3. The molecule has 2 aromatic heterocycles. The van der Waals surface area contributed by atoms with Gasteiger partial charge in [0.25, 0.3) is 6.02 Å². The lowest BCUT2D eigenvalue weighted by molar-refractivity contribution is -0.140. The van der Waals surface area contributed by atoms with Gasteiger partial charge in [0.1, 0.15) is 16.9 Å². The third-order valence-electron chi connectivity index (χ3n) is 5.63. The van der Waals surface area contributed by atoms with Gasteiger partial charge in [-0.25, -0.2) is 4.99 Å². The summed E-state index contributed by atoms with van der Waals surface area (Å²) in [6.45, 7) is 5.56. The van der Waals surface area contributed by atoms with Crippen molar-refractivity contribution in [3.8, 4) is 23.0 Å². The van der Waals surface area contributed by atoms with Crippen molar-refractivity contribution in [3.63, 3.8) is 0 Å². The fourth-order valence-corrected chi connectivity index (χ4v) is 5.29. The van der Waals surface area contributed by atoms with Crippen LogP contribution in [0.2, 0.25) is 0 Å². The van der Waals surface area contributed by atoms with Crippen molar-refractivity contribution in [2.75, 3.05) is 0 Å². The SMILES string of the molecule is CC#Cc1cncc(-c2csc(C3(C)CC4(CC(C(C)=O)C4)OC(N)=N3)c2)c1. The predicted molar refractivity (Wildman–Crippen MR) is 111 cm³/mol. The molecule has 0 amide bonds.